The molecule has 3 nitrogen and oxygen atoms in total. The van der Waals surface area contributed by atoms with Crippen LogP contribution in [0.15, 0.2) is 11.1 Å². The van der Waals surface area contributed by atoms with Crippen LogP contribution in [0.4, 0.5) is 0 Å². The van der Waals surface area contributed by atoms with Crippen molar-refractivity contribution in [2.45, 2.75) is 51.0 Å². The molecular weight excluding hydrogens is 250 g/mol. The number of likely N-dealkylation sites (tertiary alicyclic amines) is 1. The van der Waals surface area contributed by atoms with Gasteiger partial charge in [-0.25, -0.2) is 0 Å². The summed E-state index contributed by atoms with van der Waals surface area (Å²) in [6.45, 7) is 0. The highest BCUT2D eigenvalue weighted by Gasteiger charge is 2.50. The van der Waals surface area contributed by atoms with Crippen LogP contribution >= 0.6 is 11.6 Å². The second kappa shape index (κ2) is 4.69. The molecule has 0 unspecified atom stereocenters. The fraction of sp³-hybridized carbons (Fsp3) is 0.714. The molecule has 0 spiro atoms. The predicted octanol–water partition coefficient (Wildman–Crippen LogP) is 2.84. The van der Waals surface area contributed by atoms with Crippen molar-refractivity contribution in [3.8, 4) is 0 Å². The number of halogens is 1. The Morgan fingerprint density at radius 3 is 2.44 bits per heavy atom. The smallest absolute Gasteiger partial charge is 0.233 e. The maximum Gasteiger partial charge on any atom is 0.233 e. The van der Waals surface area contributed by atoms with Gasteiger partial charge in [0.1, 0.15) is 0 Å². The van der Waals surface area contributed by atoms with Gasteiger partial charge in [-0.1, -0.05) is 36.9 Å². The van der Waals surface area contributed by atoms with Gasteiger partial charge >= 0.3 is 0 Å². The van der Waals surface area contributed by atoms with E-state index in [4.69, 9.17) is 11.6 Å². The van der Waals surface area contributed by atoms with E-state index in [-0.39, 0.29) is 29.7 Å². The summed E-state index contributed by atoms with van der Waals surface area (Å²) in [6.07, 6.45) is 8.56. The molecule has 2 aliphatic carbocycles. The number of nitrogens with zero attached hydrogens (tertiary/aromatic N) is 1. The van der Waals surface area contributed by atoms with Crippen LogP contribution in [0.3, 0.4) is 0 Å². The monoisotopic (exact) mass is 267 g/mol. The number of imide groups is 1. The minimum absolute atomic E-state index is 0.0307. The van der Waals surface area contributed by atoms with E-state index in [0.29, 0.717) is 12.8 Å². The SMILES string of the molecule is O=C1[C@H]2CC=C(Cl)C[C@@H]2C(=O)N1C1CCCCC1. The van der Waals surface area contributed by atoms with Crippen molar-refractivity contribution in [3.63, 3.8) is 0 Å². The molecule has 1 saturated carbocycles. The Labute approximate surface area is 112 Å². The first kappa shape index (κ1) is 12.2. The molecule has 1 aliphatic heterocycles. The first-order valence-electron chi connectivity index (χ1n) is 6.90. The second-order valence-electron chi connectivity index (χ2n) is 5.64. The van der Waals surface area contributed by atoms with E-state index in [9.17, 15) is 9.59 Å². The van der Waals surface area contributed by atoms with Gasteiger partial charge in [-0.2, -0.15) is 0 Å². The number of fused-ring (bicyclic) bond motifs is 1. The summed E-state index contributed by atoms with van der Waals surface area (Å²) in [5.41, 5.74) is 0. The molecule has 0 aromatic rings. The molecule has 0 aromatic carbocycles. The molecule has 3 rings (SSSR count). The number of hydrogen-bond acceptors (Lipinski definition) is 2. The standard InChI is InChI=1S/C14H18ClNO2/c15-9-6-7-11-12(8-9)14(18)16(13(11)17)10-4-2-1-3-5-10/h6,10-12H,1-5,7-8H2/t11-,12-/m0/s1. The predicted molar refractivity (Wildman–Crippen MR) is 68.9 cm³/mol. The van der Waals surface area contributed by atoms with Gasteiger partial charge in [-0.15, -0.1) is 0 Å². The molecular formula is C14H18ClNO2. The summed E-state index contributed by atoms with van der Waals surface area (Å²) in [7, 11) is 0. The summed E-state index contributed by atoms with van der Waals surface area (Å²) in [5.74, 6) is -0.237. The maximum atomic E-state index is 12.4. The fourth-order valence-corrected chi connectivity index (χ4v) is 3.81. The lowest BCUT2D eigenvalue weighted by atomic mass is 9.85. The summed E-state index contributed by atoms with van der Waals surface area (Å²) < 4.78 is 0. The Kier molecular flexibility index (Phi) is 3.18. The summed E-state index contributed by atoms with van der Waals surface area (Å²) in [6, 6.07) is 0.156. The molecule has 1 heterocycles. The van der Waals surface area contributed by atoms with Gasteiger partial charge in [-0.05, 0) is 25.7 Å². The van der Waals surface area contributed by atoms with Gasteiger partial charge in [-0.3, -0.25) is 14.5 Å². The Balaban J connectivity index is 1.81. The molecule has 0 bridgehead atoms. The normalized spacial score (nSPS) is 33.6. The first-order valence-corrected chi connectivity index (χ1v) is 7.27. The first-order chi connectivity index (χ1) is 8.68. The number of amides is 2. The Hall–Kier alpha value is -0.830. The summed E-state index contributed by atoms with van der Waals surface area (Å²) in [4.78, 5) is 26.4. The van der Waals surface area contributed by atoms with Gasteiger partial charge < -0.3 is 0 Å². The Morgan fingerprint density at radius 2 is 1.72 bits per heavy atom. The highest BCUT2D eigenvalue weighted by molar-refractivity contribution is 6.30. The van der Waals surface area contributed by atoms with E-state index < -0.39 is 0 Å². The van der Waals surface area contributed by atoms with Gasteiger partial charge in [0.15, 0.2) is 0 Å². The zero-order chi connectivity index (χ0) is 12.7. The average Bonchev–Trinajstić information content (AvgIpc) is 2.63. The molecule has 4 heteroatoms. The summed E-state index contributed by atoms with van der Waals surface area (Å²) in [5, 5.41) is 0.739. The van der Waals surface area contributed by atoms with Crippen LogP contribution < -0.4 is 0 Å². The highest BCUT2D eigenvalue weighted by Crippen LogP contribution is 2.41. The van der Waals surface area contributed by atoms with E-state index in [1.165, 1.54) is 6.42 Å². The topological polar surface area (TPSA) is 37.4 Å². The number of carbonyl (C=O) groups is 2. The van der Waals surface area contributed by atoms with Crippen molar-refractivity contribution in [3.05, 3.63) is 11.1 Å². The molecule has 0 radical (unpaired) electrons. The van der Waals surface area contributed by atoms with Crippen molar-refractivity contribution >= 4 is 23.4 Å². The van der Waals surface area contributed by atoms with Crippen LogP contribution in [0.5, 0.6) is 0 Å². The lowest BCUT2D eigenvalue weighted by Gasteiger charge is -2.29. The molecule has 18 heavy (non-hydrogen) atoms. The number of rotatable bonds is 1. The molecule has 2 fully saturated rings. The molecule has 98 valence electrons. The van der Waals surface area contributed by atoms with Crippen LogP contribution in [0, 0.1) is 11.8 Å². The van der Waals surface area contributed by atoms with Crippen LogP contribution in [0.25, 0.3) is 0 Å². The van der Waals surface area contributed by atoms with Crippen molar-refractivity contribution < 1.29 is 9.59 Å². The average molecular weight is 268 g/mol. The van der Waals surface area contributed by atoms with Gasteiger partial charge in [0.2, 0.25) is 11.8 Å². The van der Waals surface area contributed by atoms with Crippen molar-refractivity contribution in [1.29, 1.82) is 0 Å². The lowest BCUT2D eigenvalue weighted by Crippen LogP contribution is -2.41. The quantitative estimate of drug-likeness (QED) is 0.685. The van der Waals surface area contributed by atoms with Crippen LogP contribution in [0.2, 0.25) is 0 Å². The van der Waals surface area contributed by atoms with E-state index in [0.717, 1.165) is 30.7 Å². The molecule has 0 aromatic heterocycles. The van der Waals surface area contributed by atoms with Crippen LogP contribution in [-0.4, -0.2) is 22.8 Å². The van der Waals surface area contributed by atoms with Gasteiger partial charge in [0, 0.05) is 11.1 Å². The van der Waals surface area contributed by atoms with Crippen LogP contribution in [-0.2, 0) is 9.59 Å². The number of hydrogen-bond donors (Lipinski definition) is 0. The minimum Gasteiger partial charge on any atom is -0.279 e. The van der Waals surface area contributed by atoms with Crippen molar-refractivity contribution in [2.75, 3.05) is 0 Å². The minimum atomic E-state index is -0.183. The van der Waals surface area contributed by atoms with E-state index in [1.54, 1.807) is 4.90 Å². The second-order valence-corrected chi connectivity index (χ2v) is 6.13. The fourth-order valence-electron chi connectivity index (χ4n) is 3.55. The zero-order valence-electron chi connectivity index (χ0n) is 10.4. The zero-order valence-corrected chi connectivity index (χ0v) is 11.2. The Bertz CT molecular complexity index is 412. The van der Waals surface area contributed by atoms with E-state index in [1.807, 2.05) is 6.08 Å². The molecule has 2 amide bonds. The third kappa shape index (κ3) is 1.89. The third-order valence-electron chi connectivity index (χ3n) is 4.54. The summed E-state index contributed by atoms with van der Waals surface area (Å²) >= 11 is 6.01. The third-order valence-corrected chi connectivity index (χ3v) is 4.85. The number of allylic oxidation sites excluding steroid dienone is 2. The van der Waals surface area contributed by atoms with Gasteiger partial charge in [0.05, 0.1) is 11.8 Å². The van der Waals surface area contributed by atoms with Crippen LogP contribution in [0.1, 0.15) is 44.9 Å². The lowest BCUT2D eigenvalue weighted by molar-refractivity contribution is -0.143. The van der Waals surface area contributed by atoms with E-state index >= 15 is 0 Å². The van der Waals surface area contributed by atoms with Crippen molar-refractivity contribution in [1.82, 2.24) is 4.90 Å². The number of carbonyl (C=O) groups excluding carboxylic acids is 2. The highest BCUT2D eigenvalue weighted by atomic mass is 35.5. The maximum absolute atomic E-state index is 12.4. The molecule has 0 N–H and O–H groups in total. The Morgan fingerprint density at radius 1 is 1.06 bits per heavy atom. The van der Waals surface area contributed by atoms with Gasteiger partial charge in [0.25, 0.3) is 0 Å². The van der Waals surface area contributed by atoms with Crippen molar-refractivity contribution in [2.24, 2.45) is 11.8 Å². The largest absolute Gasteiger partial charge is 0.279 e. The molecule has 2 atom stereocenters. The molecule has 1 saturated heterocycles. The van der Waals surface area contributed by atoms with E-state index in [2.05, 4.69) is 0 Å². The molecule has 3 aliphatic rings.